The van der Waals surface area contributed by atoms with Gasteiger partial charge in [-0.3, -0.25) is 4.79 Å². The van der Waals surface area contributed by atoms with E-state index >= 15 is 0 Å². The molecule has 1 atom stereocenters. The molecule has 1 rings (SSSR count). The first kappa shape index (κ1) is 35.2. The summed E-state index contributed by atoms with van der Waals surface area (Å²) in [6, 6.07) is 0. The van der Waals surface area contributed by atoms with Crippen LogP contribution in [-0.2, 0) is 9.53 Å². The van der Waals surface area contributed by atoms with Crippen molar-refractivity contribution in [2.75, 3.05) is 0 Å². The normalized spacial score (nSPS) is 16.2. The van der Waals surface area contributed by atoms with Gasteiger partial charge in [0.1, 0.15) is 0 Å². The summed E-state index contributed by atoms with van der Waals surface area (Å²) in [5, 5.41) is 0. The van der Waals surface area contributed by atoms with E-state index in [-0.39, 0.29) is 11.9 Å². The van der Waals surface area contributed by atoms with Gasteiger partial charge in [0.15, 0.2) is 11.9 Å². The molecular weight excluding hydrogens is 464 g/mol. The third-order valence-electron chi connectivity index (χ3n) is 8.51. The van der Waals surface area contributed by atoms with Gasteiger partial charge in [-0.15, -0.1) is 0 Å². The molecule has 38 heavy (non-hydrogen) atoms. The summed E-state index contributed by atoms with van der Waals surface area (Å²) in [5.74, 6) is 0.931. The fraction of sp³-hybridized carbons (Fsp3) is 0.917. The Morgan fingerprint density at radius 3 is 1.13 bits per heavy atom. The minimum Gasteiger partial charge on any atom is -0.479 e. The van der Waals surface area contributed by atoms with E-state index in [1.807, 2.05) is 0 Å². The van der Waals surface area contributed by atoms with Gasteiger partial charge in [-0.2, -0.15) is 0 Å². The lowest BCUT2D eigenvalue weighted by atomic mass is 9.98. The molecule has 0 N–H and O–H groups in total. The third kappa shape index (κ3) is 21.1. The highest BCUT2D eigenvalue weighted by Gasteiger charge is 2.35. The van der Waals surface area contributed by atoms with E-state index in [0.717, 1.165) is 19.3 Å². The smallest absolute Gasteiger partial charge is 0.237 e. The lowest BCUT2D eigenvalue weighted by Gasteiger charge is -2.29. The van der Waals surface area contributed by atoms with Gasteiger partial charge < -0.3 is 4.74 Å². The maximum absolute atomic E-state index is 12.3. The number of allylic oxidation sites excluding steroid dienone is 1. The molecule has 0 aromatic carbocycles. The number of carbonyl (C=O) groups excluding carboxylic acids is 1. The highest BCUT2D eigenvalue weighted by molar-refractivity contribution is 6.01. The Kier molecular flexibility index (Phi) is 25.7. The zero-order chi connectivity index (χ0) is 27.4. The molecule has 1 heterocycles. The fourth-order valence-corrected chi connectivity index (χ4v) is 5.80. The molecule has 1 aliphatic rings. The molecular formula is C36H68O2. The molecule has 0 radical (unpaired) electrons. The number of ether oxygens (including phenoxy) is 1. The number of Topliss-reactive ketones (excluding diaryl/α,β-unsaturated/α-hetero) is 1. The maximum atomic E-state index is 12.3. The topological polar surface area (TPSA) is 26.3 Å². The van der Waals surface area contributed by atoms with Crippen LogP contribution in [0.1, 0.15) is 206 Å². The van der Waals surface area contributed by atoms with Crippen LogP contribution in [0.5, 0.6) is 0 Å². The molecule has 0 spiro atoms. The van der Waals surface area contributed by atoms with E-state index in [1.54, 1.807) is 0 Å². The fourth-order valence-electron chi connectivity index (χ4n) is 5.80. The zero-order valence-corrected chi connectivity index (χ0v) is 26.2. The maximum Gasteiger partial charge on any atom is 0.237 e. The summed E-state index contributed by atoms with van der Waals surface area (Å²) < 4.78 is 5.80. The van der Waals surface area contributed by atoms with Crippen LogP contribution in [0.3, 0.4) is 0 Å². The molecule has 1 aliphatic heterocycles. The molecule has 0 aliphatic carbocycles. The predicted octanol–water partition coefficient (Wildman–Crippen LogP) is 12.6. The van der Waals surface area contributed by atoms with Crippen LogP contribution < -0.4 is 0 Å². The monoisotopic (exact) mass is 533 g/mol. The van der Waals surface area contributed by atoms with Crippen LogP contribution in [0.15, 0.2) is 11.8 Å². The number of rotatable bonds is 30. The van der Waals surface area contributed by atoms with E-state index in [0.29, 0.717) is 5.76 Å². The molecule has 0 aromatic rings. The Hall–Kier alpha value is -0.790. The Morgan fingerprint density at radius 1 is 0.474 bits per heavy atom. The average Bonchev–Trinajstić information content (AvgIpc) is 2.93. The first-order valence-electron chi connectivity index (χ1n) is 17.7. The van der Waals surface area contributed by atoms with Gasteiger partial charge in [0.25, 0.3) is 0 Å². The van der Waals surface area contributed by atoms with Crippen molar-refractivity contribution in [3.05, 3.63) is 11.8 Å². The van der Waals surface area contributed by atoms with Crippen molar-refractivity contribution >= 4 is 5.78 Å². The van der Waals surface area contributed by atoms with Gasteiger partial charge in [0.2, 0.25) is 5.78 Å². The second-order valence-electron chi connectivity index (χ2n) is 12.3. The standard InChI is InChI=1S/C36H68O2/c1-3-5-7-9-11-13-15-17-19-21-23-25-27-29-31-33-35-36(37)34(38-35)32-30-28-26-24-22-20-18-16-14-12-10-8-6-4-2/h33-34H,3-32H2,1-2H3/b35-33-. The molecule has 2 heteroatoms. The van der Waals surface area contributed by atoms with Crippen molar-refractivity contribution < 1.29 is 9.53 Å². The van der Waals surface area contributed by atoms with E-state index in [1.165, 1.54) is 173 Å². The number of carbonyl (C=O) groups is 1. The van der Waals surface area contributed by atoms with E-state index in [2.05, 4.69) is 19.9 Å². The summed E-state index contributed by atoms with van der Waals surface area (Å²) in [5.41, 5.74) is 0. The van der Waals surface area contributed by atoms with Crippen LogP contribution in [0.25, 0.3) is 0 Å². The molecule has 0 bridgehead atoms. The predicted molar refractivity (Wildman–Crippen MR) is 168 cm³/mol. The van der Waals surface area contributed by atoms with Gasteiger partial charge in [0.05, 0.1) is 0 Å². The van der Waals surface area contributed by atoms with Crippen LogP contribution in [-0.4, -0.2) is 11.9 Å². The molecule has 0 saturated carbocycles. The lowest BCUT2D eigenvalue weighted by Crippen LogP contribution is -2.37. The molecule has 1 fully saturated rings. The van der Waals surface area contributed by atoms with Crippen molar-refractivity contribution in [3.63, 3.8) is 0 Å². The second-order valence-corrected chi connectivity index (χ2v) is 12.3. The lowest BCUT2D eigenvalue weighted by molar-refractivity contribution is -0.142. The van der Waals surface area contributed by atoms with Crippen LogP contribution in [0, 0.1) is 0 Å². The Balaban J connectivity index is 1.79. The summed E-state index contributed by atoms with van der Waals surface area (Å²) in [7, 11) is 0. The van der Waals surface area contributed by atoms with Gasteiger partial charge in [-0.25, -0.2) is 0 Å². The quantitative estimate of drug-likeness (QED) is 0.0679. The van der Waals surface area contributed by atoms with Crippen LogP contribution >= 0.6 is 0 Å². The van der Waals surface area contributed by atoms with Crippen molar-refractivity contribution in [1.82, 2.24) is 0 Å². The molecule has 0 aromatic heterocycles. The molecule has 1 saturated heterocycles. The van der Waals surface area contributed by atoms with E-state index in [4.69, 9.17) is 4.74 Å². The summed E-state index contributed by atoms with van der Waals surface area (Å²) >= 11 is 0. The Labute approximate surface area is 239 Å². The average molecular weight is 533 g/mol. The van der Waals surface area contributed by atoms with Crippen molar-refractivity contribution in [2.24, 2.45) is 0 Å². The number of hydrogen-bond donors (Lipinski definition) is 0. The van der Waals surface area contributed by atoms with E-state index < -0.39 is 0 Å². The van der Waals surface area contributed by atoms with Gasteiger partial charge >= 0.3 is 0 Å². The Bertz CT molecular complexity index is 537. The SMILES string of the molecule is CCCCCCCCCCCCCCCC/C=C1\OC(CCCCCCCCCCCCCCCC)C1=O. The van der Waals surface area contributed by atoms with Crippen molar-refractivity contribution in [2.45, 2.75) is 213 Å². The minimum absolute atomic E-state index is 0.130. The molecule has 224 valence electrons. The number of ketones is 1. The zero-order valence-electron chi connectivity index (χ0n) is 26.2. The first-order valence-corrected chi connectivity index (χ1v) is 17.7. The van der Waals surface area contributed by atoms with Gasteiger partial charge in [0, 0.05) is 0 Å². The largest absolute Gasteiger partial charge is 0.479 e. The van der Waals surface area contributed by atoms with Gasteiger partial charge in [-0.05, 0) is 31.8 Å². The molecule has 2 nitrogen and oxygen atoms in total. The first-order chi connectivity index (χ1) is 18.8. The third-order valence-corrected chi connectivity index (χ3v) is 8.51. The van der Waals surface area contributed by atoms with Gasteiger partial charge in [-0.1, -0.05) is 181 Å². The Morgan fingerprint density at radius 2 is 0.789 bits per heavy atom. The van der Waals surface area contributed by atoms with Crippen molar-refractivity contribution in [3.8, 4) is 0 Å². The molecule has 1 unspecified atom stereocenters. The van der Waals surface area contributed by atoms with Crippen molar-refractivity contribution in [1.29, 1.82) is 0 Å². The molecule has 0 amide bonds. The second kappa shape index (κ2) is 27.8. The summed E-state index contributed by atoms with van der Waals surface area (Å²) in [6.07, 6.45) is 42.6. The number of unbranched alkanes of at least 4 members (excludes halogenated alkanes) is 27. The van der Waals surface area contributed by atoms with Crippen LogP contribution in [0.4, 0.5) is 0 Å². The minimum atomic E-state index is -0.130. The number of hydrogen-bond acceptors (Lipinski definition) is 2. The van der Waals surface area contributed by atoms with E-state index in [9.17, 15) is 4.79 Å². The highest BCUT2D eigenvalue weighted by Crippen LogP contribution is 2.26. The van der Waals surface area contributed by atoms with Crippen LogP contribution in [0.2, 0.25) is 0 Å². The highest BCUT2D eigenvalue weighted by atomic mass is 16.5. The summed E-state index contributed by atoms with van der Waals surface area (Å²) in [6.45, 7) is 4.58. The summed E-state index contributed by atoms with van der Waals surface area (Å²) in [4.78, 5) is 12.3.